The summed E-state index contributed by atoms with van der Waals surface area (Å²) in [6, 6.07) is 8.21. The maximum Gasteiger partial charge on any atom is 0.238 e. The number of allylic oxidation sites excluding steroid dienone is 2. The summed E-state index contributed by atoms with van der Waals surface area (Å²) in [5.74, 6) is 0.0252. The quantitative estimate of drug-likeness (QED) is 0.623. The van der Waals surface area contributed by atoms with Gasteiger partial charge in [0.05, 0.1) is 35.5 Å². The second-order valence-electron chi connectivity index (χ2n) is 8.12. The topological polar surface area (TPSA) is 55.2 Å². The molecule has 1 saturated carbocycles. The molecule has 138 valence electrons. The zero-order valence-corrected chi connectivity index (χ0v) is 15.8. The summed E-state index contributed by atoms with van der Waals surface area (Å²) in [7, 11) is 0. The summed E-state index contributed by atoms with van der Waals surface area (Å²) in [6.45, 7) is 6.56. The van der Waals surface area contributed by atoms with Gasteiger partial charge in [0.25, 0.3) is 0 Å². The van der Waals surface area contributed by atoms with Crippen molar-refractivity contribution < 1.29 is 9.59 Å². The second kappa shape index (κ2) is 5.65. The summed E-state index contributed by atoms with van der Waals surface area (Å²) >= 11 is 0. The van der Waals surface area contributed by atoms with Gasteiger partial charge in [0, 0.05) is 0 Å². The number of rotatable bonds is 3. The normalized spacial score (nSPS) is 28.5. The number of carbonyl (C=O) groups excluding carboxylic acids is 2. The van der Waals surface area contributed by atoms with Gasteiger partial charge in [0.15, 0.2) is 0 Å². The van der Waals surface area contributed by atoms with E-state index in [9.17, 15) is 9.59 Å². The van der Waals surface area contributed by atoms with Crippen molar-refractivity contribution in [2.24, 2.45) is 23.7 Å². The molecule has 1 aromatic carbocycles. The third-order valence-electron chi connectivity index (χ3n) is 6.62. The molecule has 3 aliphatic rings. The van der Waals surface area contributed by atoms with Crippen LogP contribution in [0.4, 0.5) is 5.69 Å². The van der Waals surface area contributed by atoms with Crippen LogP contribution in [0.25, 0.3) is 0 Å². The monoisotopic (exact) mass is 361 g/mol. The molecule has 1 aromatic heterocycles. The number of benzene rings is 1. The van der Waals surface area contributed by atoms with Gasteiger partial charge in [-0.1, -0.05) is 36.4 Å². The van der Waals surface area contributed by atoms with Gasteiger partial charge in [-0.3, -0.25) is 14.3 Å². The Kier molecular flexibility index (Phi) is 3.45. The lowest BCUT2D eigenvalue weighted by Crippen LogP contribution is -2.33. The van der Waals surface area contributed by atoms with Crippen LogP contribution in [0.1, 0.15) is 28.9 Å². The van der Waals surface area contributed by atoms with Crippen LogP contribution in [0, 0.1) is 44.4 Å². The Hall–Kier alpha value is -2.69. The Morgan fingerprint density at radius 2 is 1.63 bits per heavy atom. The van der Waals surface area contributed by atoms with Crippen LogP contribution in [0.5, 0.6) is 0 Å². The molecule has 2 aliphatic carbocycles. The number of hydrogen-bond donors (Lipinski definition) is 0. The van der Waals surface area contributed by atoms with Crippen LogP contribution in [0.15, 0.2) is 36.4 Å². The average Bonchev–Trinajstić information content (AvgIpc) is 3.37. The van der Waals surface area contributed by atoms with Gasteiger partial charge < -0.3 is 0 Å². The average molecular weight is 361 g/mol. The van der Waals surface area contributed by atoms with Crippen LogP contribution in [0.3, 0.4) is 0 Å². The van der Waals surface area contributed by atoms with Crippen molar-refractivity contribution in [2.45, 2.75) is 33.7 Å². The molecular weight excluding hydrogens is 338 g/mol. The fourth-order valence-corrected chi connectivity index (χ4v) is 5.24. The number of fused-ring (bicyclic) bond motifs is 5. The van der Waals surface area contributed by atoms with E-state index in [0.717, 1.165) is 17.8 Å². The van der Waals surface area contributed by atoms with Crippen molar-refractivity contribution in [1.29, 1.82) is 0 Å². The second-order valence-corrected chi connectivity index (χ2v) is 8.12. The number of imide groups is 1. The fraction of sp³-hybridized carbons (Fsp3) is 0.409. The summed E-state index contributed by atoms with van der Waals surface area (Å²) < 4.78 is 1.91. The van der Waals surface area contributed by atoms with Gasteiger partial charge in [-0.2, -0.15) is 5.10 Å². The molecule has 1 saturated heterocycles. The highest BCUT2D eigenvalue weighted by molar-refractivity contribution is 6.23. The maximum atomic E-state index is 13.1. The molecule has 5 rings (SSSR count). The van der Waals surface area contributed by atoms with Crippen molar-refractivity contribution in [3.05, 3.63) is 58.9 Å². The van der Waals surface area contributed by atoms with Crippen LogP contribution in [-0.4, -0.2) is 21.6 Å². The molecule has 0 N–H and O–H groups in total. The van der Waals surface area contributed by atoms with Crippen molar-refractivity contribution >= 4 is 17.5 Å². The standard InChI is InChI=1S/C22H23N3O2/c1-12-6-4-5-7-17(12)11-24-14(3)20(13(2)23-24)25-21(26)18-15-8-9-16(10-15)19(18)22(25)27/h4-9,15-16,18-19H,10-11H2,1-3H3/t15-,16-,18-,19-/m0/s1. The minimum Gasteiger partial charge on any atom is -0.274 e. The van der Waals surface area contributed by atoms with Gasteiger partial charge in [-0.05, 0) is 50.2 Å². The highest BCUT2D eigenvalue weighted by Crippen LogP contribution is 2.53. The zero-order valence-electron chi connectivity index (χ0n) is 15.8. The Balaban J connectivity index is 1.52. The molecule has 2 amide bonds. The third kappa shape index (κ3) is 2.20. The summed E-state index contributed by atoms with van der Waals surface area (Å²) in [5.41, 5.74) is 4.69. The van der Waals surface area contributed by atoms with E-state index in [-0.39, 0.29) is 35.5 Å². The molecule has 0 radical (unpaired) electrons. The van der Waals surface area contributed by atoms with Gasteiger partial charge in [-0.15, -0.1) is 0 Å². The van der Waals surface area contributed by atoms with E-state index in [4.69, 9.17) is 0 Å². The molecule has 2 aromatic rings. The molecule has 0 unspecified atom stereocenters. The smallest absolute Gasteiger partial charge is 0.238 e. The first-order valence-corrected chi connectivity index (χ1v) is 9.62. The van der Waals surface area contributed by atoms with Gasteiger partial charge in [-0.25, -0.2) is 4.90 Å². The highest BCUT2D eigenvalue weighted by atomic mass is 16.2. The summed E-state index contributed by atoms with van der Waals surface area (Å²) in [5, 5.41) is 4.66. The van der Waals surface area contributed by atoms with Gasteiger partial charge in [0.1, 0.15) is 0 Å². The number of aryl methyl sites for hydroxylation is 2. The molecule has 2 heterocycles. The Morgan fingerprint density at radius 1 is 1.00 bits per heavy atom. The SMILES string of the molecule is Cc1ccccc1Cn1nc(C)c(N2C(=O)[C@@H]3[C@@H](C2=O)[C@H]2C=C[C@H]3C2)c1C. The zero-order chi connectivity index (χ0) is 18.9. The van der Waals surface area contributed by atoms with Crippen LogP contribution >= 0.6 is 0 Å². The van der Waals surface area contributed by atoms with E-state index in [1.54, 1.807) is 0 Å². The molecule has 27 heavy (non-hydrogen) atoms. The van der Waals surface area contributed by atoms with E-state index in [0.29, 0.717) is 12.2 Å². The molecule has 0 spiro atoms. The predicted octanol–water partition coefficient (Wildman–Crippen LogP) is 3.17. The number of carbonyl (C=O) groups is 2. The minimum atomic E-state index is -0.175. The number of hydrogen-bond acceptors (Lipinski definition) is 3. The van der Waals surface area contributed by atoms with E-state index >= 15 is 0 Å². The first-order valence-electron chi connectivity index (χ1n) is 9.62. The molecule has 2 bridgehead atoms. The van der Waals surface area contributed by atoms with Crippen LogP contribution in [-0.2, 0) is 16.1 Å². The summed E-state index contributed by atoms with van der Waals surface area (Å²) in [6.07, 6.45) is 5.20. The predicted molar refractivity (Wildman–Crippen MR) is 102 cm³/mol. The Labute approximate surface area is 158 Å². The lowest BCUT2D eigenvalue weighted by molar-refractivity contribution is -0.123. The first kappa shape index (κ1) is 16.5. The number of anilines is 1. The van der Waals surface area contributed by atoms with E-state index in [1.807, 2.05) is 30.7 Å². The van der Waals surface area contributed by atoms with Crippen molar-refractivity contribution in [2.75, 3.05) is 4.90 Å². The molecule has 1 aliphatic heterocycles. The minimum absolute atomic E-state index is 0.0384. The molecule has 5 nitrogen and oxygen atoms in total. The lowest BCUT2D eigenvalue weighted by atomic mass is 9.85. The Bertz CT molecular complexity index is 973. The van der Waals surface area contributed by atoms with Crippen LogP contribution in [0.2, 0.25) is 0 Å². The van der Waals surface area contributed by atoms with E-state index in [1.165, 1.54) is 16.0 Å². The van der Waals surface area contributed by atoms with Crippen molar-refractivity contribution in [3.63, 3.8) is 0 Å². The van der Waals surface area contributed by atoms with Crippen LogP contribution < -0.4 is 4.90 Å². The number of aromatic nitrogens is 2. The van der Waals surface area contributed by atoms with Gasteiger partial charge in [0.2, 0.25) is 11.8 Å². The maximum absolute atomic E-state index is 13.1. The van der Waals surface area contributed by atoms with E-state index < -0.39 is 0 Å². The molecular formula is C22H23N3O2. The van der Waals surface area contributed by atoms with E-state index in [2.05, 4.69) is 36.3 Å². The fourth-order valence-electron chi connectivity index (χ4n) is 5.24. The third-order valence-corrected chi connectivity index (χ3v) is 6.62. The molecule has 5 heteroatoms. The van der Waals surface area contributed by atoms with Gasteiger partial charge >= 0.3 is 0 Å². The lowest BCUT2D eigenvalue weighted by Gasteiger charge is -2.18. The molecule has 2 fully saturated rings. The largest absolute Gasteiger partial charge is 0.274 e. The first-order chi connectivity index (χ1) is 13.0. The summed E-state index contributed by atoms with van der Waals surface area (Å²) in [4.78, 5) is 27.7. The van der Waals surface area contributed by atoms with Crippen molar-refractivity contribution in [1.82, 2.24) is 9.78 Å². The highest BCUT2D eigenvalue weighted by Gasteiger charge is 2.60. The molecule has 4 atom stereocenters. The number of amides is 2. The Morgan fingerprint density at radius 3 is 2.26 bits per heavy atom. The van der Waals surface area contributed by atoms with Crippen molar-refractivity contribution in [3.8, 4) is 0 Å². The number of nitrogens with zero attached hydrogens (tertiary/aromatic N) is 3.